The molecule has 1 fully saturated rings. The number of benzene rings is 1. The van der Waals surface area contributed by atoms with Gasteiger partial charge in [-0.2, -0.15) is 0 Å². The van der Waals surface area contributed by atoms with Crippen molar-refractivity contribution in [2.45, 2.75) is 38.2 Å². The minimum atomic E-state index is -0.803. The standard InChI is InChI=1S/C14H17FO3/c1-10(16)12-8-11(15)4-5-13(12)18-9-14(17)6-2-3-7-14/h4-5,8,17H,2-3,6-7,9H2,1H3. The molecular formula is C14H17FO3. The fourth-order valence-electron chi connectivity index (χ4n) is 2.29. The van der Waals surface area contributed by atoms with E-state index in [0.29, 0.717) is 18.6 Å². The van der Waals surface area contributed by atoms with Crippen LogP contribution in [0.1, 0.15) is 43.0 Å². The summed E-state index contributed by atoms with van der Waals surface area (Å²) >= 11 is 0. The van der Waals surface area contributed by atoms with Crippen LogP contribution < -0.4 is 4.74 Å². The molecule has 1 aromatic rings. The van der Waals surface area contributed by atoms with Gasteiger partial charge in [0.15, 0.2) is 5.78 Å². The normalized spacial score (nSPS) is 17.7. The molecular weight excluding hydrogens is 235 g/mol. The number of carbonyl (C=O) groups excluding carboxylic acids is 1. The molecule has 1 N–H and O–H groups in total. The van der Waals surface area contributed by atoms with Crippen molar-refractivity contribution in [3.63, 3.8) is 0 Å². The van der Waals surface area contributed by atoms with E-state index in [1.54, 1.807) is 0 Å². The number of aliphatic hydroxyl groups is 1. The third-order valence-electron chi connectivity index (χ3n) is 3.35. The van der Waals surface area contributed by atoms with E-state index in [4.69, 9.17) is 4.74 Å². The summed E-state index contributed by atoms with van der Waals surface area (Å²) in [6, 6.07) is 3.85. The van der Waals surface area contributed by atoms with Crippen LogP contribution in [-0.4, -0.2) is 23.1 Å². The van der Waals surface area contributed by atoms with Gasteiger partial charge in [0, 0.05) is 0 Å². The summed E-state index contributed by atoms with van der Waals surface area (Å²) in [4.78, 5) is 11.4. The van der Waals surface area contributed by atoms with Gasteiger partial charge in [-0.1, -0.05) is 12.8 Å². The Labute approximate surface area is 106 Å². The average molecular weight is 252 g/mol. The molecule has 0 spiro atoms. The Morgan fingerprint density at radius 2 is 2.11 bits per heavy atom. The van der Waals surface area contributed by atoms with Crippen LogP contribution >= 0.6 is 0 Å². The van der Waals surface area contributed by atoms with E-state index in [9.17, 15) is 14.3 Å². The van der Waals surface area contributed by atoms with E-state index in [-0.39, 0.29) is 18.0 Å². The number of halogens is 1. The third-order valence-corrected chi connectivity index (χ3v) is 3.35. The summed E-state index contributed by atoms with van der Waals surface area (Å²) in [5, 5.41) is 10.2. The molecule has 3 nitrogen and oxygen atoms in total. The monoisotopic (exact) mass is 252 g/mol. The van der Waals surface area contributed by atoms with Crippen molar-refractivity contribution in [3.05, 3.63) is 29.6 Å². The van der Waals surface area contributed by atoms with Gasteiger partial charge in [-0.05, 0) is 38.0 Å². The van der Waals surface area contributed by atoms with Gasteiger partial charge in [-0.15, -0.1) is 0 Å². The molecule has 0 heterocycles. The Morgan fingerprint density at radius 3 is 2.72 bits per heavy atom. The molecule has 1 aromatic carbocycles. The predicted octanol–water partition coefficient (Wildman–Crippen LogP) is 2.71. The molecule has 18 heavy (non-hydrogen) atoms. The van der Waals surface area contributed by atoms with Gasteiger partial charge < -0.3 is 9.84 Å². The fraction of sp³-hybridized carbons (Fsp3) is 0.500. The highest BCUT2D eigenvalue weighted by molar-refractivity contribution is 5.96. The number of ketones is 1. The van der Waals surface area contributed by atoms with Crippen LogP contribution in [0.25, 0.3) is 0 Å². The smallest absolute Gasteiger partial charge is 0.163 e. The van der Waals surface area contributed by atoms with E-state index in [0.717, 1.165) is 18.9 Å². The first-order valence-corrected chi connectivity index (χ1v) is 6.16. The Kier molecular flexibility index (Phi) is 3.66. The molecule has 1 aliphatic rings. The van der Waals surface area contributed by atoms with Crippen molar-refractivity contribution < 1.29 is 19.0 Å². The van der Waals surface area contributed by atoms with Gasteiger partial charge >= 0.3 is 0 Å². The van der Waals surface area contributed by atoms with Crippen molar-refractivity contribution in [2.24, 2.45) is 0 Å². The highest BCUT2D eigenvalue weighted by atomic mass is 19.1. The van der Waals surface area contributed by atoms with Crippen molar-refractivity contribution in [2.75, 3.05) is 6.61 Å². The zero-order valence-corrected chi connectivity index (χ0v) is 10.4. The Morgan fingerprint density at radius 1 is 1.44 bits per heavy atom. The van der Waals surface area contributed by atoms with Crippen LogP contribution in [0.4, 0.5) is 4.39 Å². The Hall–Kier alpha value is -1.42. The molecule has 0 radical (unpaired) electrons. The van der Waals surface area contributed by atoms with Gasteiger partial charge in [0.2, 0.25) is 0 Å². The molecule has 98 valence electrons. The lowest BCUT2D eigenvalue weighted by Crippen LogP contribution is -2.32. The number of rotatable bonds is 4. The molecule has 1 saturated carbocycles. The molecule has 2 rings (SSSR count). The lowest BCUT2D eigenvalue weighted by atomic mass is 10.0. The number of ether oxygens (including phenoxy) is 1. The van der Waals surface area contributed by atoms with Gasteiger partial charge in [0.1, 0.15) is 18.2 Å². The second kappa shape index (κ2) is 5.06. The summed E-state index contributed by atoms with van der Waals surface area (Å²) in [7, 11) is 0. The van der Waals surface area contributed by atoms with E-state index in [2.05, 4.69) is 0 Å². The molecule has 0 aromatic heterocycles. The minimum absolute atomic E-state index is 0.152. The number of hydrogen-bond acceptors (Lipinski definition) is 3. The van der Waals surface area contributed by atoms with Gasteiger partial charge in [-0.25, -0.2) is 4.39 Å². The van der Waals surface area contributed by atoms with Crippen LogP contribution in [0.3, 0.4) is 0 Å². The molecule has 0 atom stereocenters. The van der Waals surface area contributed by atoms with E-state index < -0.39 is 11.4 Å². The van der Waals surface area contributed by atoms with Gasteiger partial charge in [-0.3, -0.25) is 4.79 Å². The fourth-order valence-corrected chi connectivity index (χ4v) is 2.29. The highest BCUT2D eigenvalue weighted by Crippen LogP contribution is 2.31. The molecule has 4 heteroatoms. The number of Topliss-reactive ketones (excluding diaryl/α,β-unsaturated/α-hetero) is 1. The maximum atomic E-state index is 13.1. The predicted molar refractivity (Wildman–Crippen MR) is 65.3 cm³/mol. The third kappa shape index (κ3) is 2.88. The van der Waals surface area contributed by atoms with E-state index >= 15 is 0 Å². The second-order valence-electron chi connectivity index (χ2n) is 4.92. The Balaban J connectivity index is 2.11. The van der Waals surface area contributed by atoms with Crippen molar-refractivity contribution in [1.29, 1.82) is 0 Å². The van der Waals surface area contributed by atoms with E-state index in [1.165, 1.54) is 19.1 Å². The SMILES string of the molecule is CC(=O)c1cc(F)ccc1OCC1(O)CCCC1. The largest absolute Gasteiger partial charge is 0.490 e. The van der Waals surface area contributed by atoms with E-state index in [1.807, 2.05) is 0 Å². The molecule has 0 saturated heterocycles. The first-order valence-electron chi connectivity index (χ1n) is 6.16. The van der Waals surface area contributed by atoms with Crippen LogP contribution in [0.2, 0.25) is 0 Å². The molecule has 0 aliphatic heterocycles. The van der Waals surface area contributed by atoms with Crippen molar-refractivity contribution in [1.82, 2.24) is 0 Å². The maximum Gasteiger partial charge on any atom is 0.163 e. The van der Waals surface area contributed by atoms with Gasteiger partial charge in [0.05, 0.1) is 11.2 Å². The van der Waals surface area contributed by atoms with Crippen LogP contribution in [-0.2, 0) is 0 Å². The van der Waals surface area contributed by atoms with Crippen LogP contribution in [0, 0.1) is 5.82 Å². The highest BCUT2D eigenvalue weighted by Gasteiger charge is 2.32. The Bertz CT molecular complexity index is 450. The zero-order valence-electron chi connectivity index (χ0n) is 10.4. The molecule has 0 unspecified atom stereocenters. The minimum Gasteiger partial charge on any atom is -0.490 e. The average Bonchev–Trinajstić information content (AvgIpc) is 2.75. The van der Waals surface area contributed by atoms with Crippen LogP contribution in [0.5, 0.6) is 5.75 Å². The number of hydrogen-bond donors (Lipinski definition) is 1. The summed E-state index contributed by atoms with van der Waals surface area (Å²) < 4.78 is 18.6. The molecule has 1 aliphatic carbocycles. The maximum absolute atomic E-state index is 13.1. The second-order valence-corrected chi connectivity index (χ2v) is 4.92. The topological polar surface area (TPSA) is 46.5 Å². The van der Waals surface area contributed by atoms with Crippen molar-refractivity contribution >= 4 is 5.78 Å². The van der Waals surface area contributed by atoms with Crippen LogP contribution in [0.15, 0.2) is 18.2 Å². The molecule has 0 amide bonds. The van der Waals surface area contributed by atoms with Gasteiger partial charge in [0.25, 0.3) is 0 Å². The lowest BCUT2D eigenvalue weighted by molar-refractivity contribution is 0.00114. The zero-order chi connectivity index (χ0) is 13.2. The summed E-state index contributed by atoms with van der Waals surface area (Å²) in [6.07, 6.45) is 3.40. The quantitative estimate of drug-likeness (QED) is 0.838. The lowest BCUT2D eigenvalue weighted by Gasteiger charge is -2.22. The number of carbonyl (C=O) groups is 1. The first kappa shape index (κ1) is 13.0. The summed E-state index contributed by atoms with van der Waals surface area (Å²) in [6.45, 7) is 1.52. The summed E-state index contributed by atoms with van der Waals surface area (Å²) in [5.74, 6) is -0.376. The summed E-state index contributed by atoms with van der Waals surface area (Å²) in [5.41, 5.74) is -0.584. The molecule has 0 bridgehead atoms. The first-order chi connectivity index (χ1) is 8.50. The van der Waals surface area contributed by atoms with Crippen molar-refractivity contribution in [3.8, 4) is 5.75 Å².